The predicted octanol–water partition coefficient (Wildman–Crippen LogP) is 2.70. The molecule has 1 aliphatic rings. The van der Waals surface area contributed by atoms with E-state index in [-0.39, 0.29) is 24.1 Å². The standard InChI is InChI=1S/C19H17ClN4O3/c1-22-8-9-23(12-18(22)25)19(26)15-11-16(17-3-2-10-27-17)24(21-15)14-6-4-13(20)5-7-14/h2-7,10-11H,8-9,12H2,1H3. The number of halogens is 1. The fourth-order valence-electron chi connectivity index (χ4n) is 2.96. The fraction of sp³-hybridized carbons (Fsp3) is 0.211. The number of carbonyl (C=O) groups excluding carboxylic acids is 2. The van der Waals surface area contributed by atoms with Crippen LogP contribution >= 0.6 is 11.6 Å². The zero-order valence-corrected chi connectivity index (χ0v) is 15.4. The van der Waals surface area contributed by atoms with Crippen molar-refractivity contribution in [2.75, 3.05) is 26.7 Å². The van der Waals surface area contributed by atoms with Gasteiger partial charge in [-0.15, -0.1) is 0 Å². The van der Waals surface area contributed by atoms with Gasteiger partial charge in [-0.1, -0.05) is 11.6 Å². The van der Waals surface area contributed by atoms with Crippen molar-refractivity contribution >= 4 is 23.4 Å². The van der Waals surface area contributed by atoms with E-state index < -0.39 is 0 Å². The molecule has 0 N–H and O–H groups in total. The first-order valence-corrected chi connectivity index (χ1v) is 8.84. The minimum absolute atomic E-state index is 0.0548. The summed E-state index contributed by atoms with van der Waals surface area (Å²) >= 11 is 5.98. The first-order valence-electron chi connectivity index (χ1n) is 8.46. The van der Waals surface area contributed by atoms with Crippen LogP contribution in [0.4, 0.5) is 0 Å². The number of amides is 2. The van der Waals surface area contributed by atoms with E-state index in [9.17, 15) is 9.59 Å². The Labute approximate surface area is 160 Å². The lowest BCUT2D eigenvalue weighted by Crippen LogP contribution is -2.50. The molecule has 8 heteroatoms. The molecular formula is C19H17ClN4O3. The summed E-state index contributed by atoms with van der Waals surface area (Å²) in [5.74, 6) is 0.223. The van der Waals surface area contributed by atoms with Gasteiger partial charge in [-0.3, -0.25) is 9.59 Å². The number of benzene rings is 1. The zero-order chi connectivity index (χ0) is 19.0. The van der Waals surface area contributed by atoms with Crippen LogP contribution < -0.4 is 0 Å². The first kappa shape index (κ1) is 17.4. The van der Waals surface area contributed by atoms with Crippen LogP contribution in [0.2, 0.25) is 5.02 Å². The maximum Gasteiger partial charge on any atom is 0.274 e. The molecule has 1 aliphatic heterocycles. The summed E-state index contributed by atoms with van der Waals surface area (Å²) in [6.07, 6.45) is 1.56. The van der Waals surface area contributed by atoms with Gasteiger partial charge in [0.2, 0.25) is 5.91 Å². The number of carbonyl (C=O) groups is 2. The van der Waals surface area contributed by atoms with E-state index in [4.69, 9.17) is 16.0 Å². The van der Waals surface area contributed by atoms with Crippen LogP contribution in [0, 0.1) is 0 Å². The Morgan fingerprint density at radius 1 is 1.19 bits per heavy atom. The van der Waals surface area contributed by atoms with Crippen molar-refractivity contribution in [3.8, 4) is 17.1 Å². The lowest BCUT2D eigenvalue weighted by atomic mass is 10.2. The van der Waals surface area contributed by atoms with E-state index in [1.807, 2.05) is 12.1 Å². The van der Waals surface area contributed by atoms with E-state index in [2.05, 4.69) is 5.10 Å². The lowest BCUT2D eigenvalue weighted by Gasteiger charge is -2.31. The van der Waals surface area contributed by atoms with Gasteiger partial charge < -0.3 is 14.2 Å². The Balaban J connectivity index is 1.72. The van der Waals surface area contributed by atoms with Crippen LogP contribution in [0.1, 0.15) is 10.5 Å². The van der Waals surface area contributed by atoms with E-state index in [0.717, 1.165) is 5.69 Å². The van der Waals surface area contributed by atoms with Crippen molar-refractivity contribution in [1.29, 1.82) is 0 Å². The molecule has 1 aromatic carbocycles. The number of aromatic nitrogens is 2. The summed E-state index contributed by atoms with van der Waals surface area (Å²) in [5, 5.41) is 5.09. The van der Waals surface area contributed by atoms with Gasteiger partial charge in [0.15, 0.2) is 11.5 Å². The van der Waals surface area contributed by atoms with Gasteiger partial charge in [0.05, 0.1) is 12.0 Å². The maximum absolute atomic E-state index is 12.9. The second-order valence-electron chi connectivity index (χ2n) is 6.32. The summed E-state index contributed by atoms with van der Waals surface area (Å²) in [5.41, 5.74) is 1.65. The number of piperazine rings is 1. The average Bonchev–Trinajstić information content (AvgIpc) is 3.33. The number of rotatable bonds is 3. The van der Waals surface area contributed by atoms with Crippen molar-refractivity contribution in [2.45, 2.75) is 0 Å². The Morgan fingerprint density at radius 3 is 2.63 bits per heavy atom. The Hall–Kier alpha value is -3.06. The molecule has 2 amide bonds. The molecule has 7 nitrogen and oxygen atoms in total. The molecule has 0 aliphatic carbocycles. The molecular weight excluding hydrogens is 368 g/mol. The number of hydrogen-bond acceptors (Lipinski definition) is 4. The smallest absolute Gasteiger partial charge is 0.274 e. The van der Waals surface area contributed by atoms with Crippen LogP contribution in [0.25, 0.3) is 17.1 Å². The number of likely N-dealkylation sites (N-methyl/N-ethyl adjacent to an activating group) is 1. The molecule has 138 valence electrons. The van der Waals surface area contributed by atoms with E-state index >= 15 is 0 Å². The molecule has 2 aromatic heterocycles. The second kappa shape index (κ2) is 6.92. The maximum atomic E-state index is 12.9. The molecule has 0 atom stereocenters. The fourth-order valence-corrected chi connectivity index (χ4v) is 3.08. The summed E-state index contributed by atoms with van der Waals surface area (Å²) in [4.78, 5) is 28.0. The van der Waals surface area contributed by atoms with E-state index in [1.54, 1.807) is 53.2 Å². The molecule has 1 fully saturated rings. The van der Waals surface area contributed by atoms with Crippen molar-refractivity contribution in [1.82, 2.24) is 19.6 Å². The lowest BCUT2D eigenvalue weighted by molar-refractivity contribution is -0.133. The molecule has 0 spiro atoms. The highest BCUT2D eigenvalue weighted by Gasteiger charge is 2.28. The van der Waals surface area contributed by atoms with Gasteiger partial charge >= 0.3 is 0 Å². The third-order valence-corrected chi connectivity index (χ3v) is 4.77. The molecule has 0 unspecified atom stereocenters. The Kier molecular flexibility index (Phi) is 4.45. The average molecular weight is 385 g/mol. The molecule has 0 radical (unpaired) electrons. The van der Waals surface area contributed by atoms with Crippen molar-refractivity contribution < 1.29 is 14.0 Å². The zero-order valence-electron chi connectivity index (χ0n) is 14.6. The number of furan rings is 1. The number of hydrogen-bond donors (Lipinski definition) is 0. The third kappa shape index (κ3) is 3.33. The minimum atomic E-state index is -0.281. The summed E-state index contributed by atoms with van der Waals surface area (Å²) in [7, 11) is 1.73. The van der Waals surface area contributed by atoms with Gasteiger partial charge in [-0.2, -0.15) is 5.10 Å². The molecule has 27 heavy (non-hydrogen) atoms. The second-order valence-corrected chi connectivity index (χ2v) is 6.76. The van der Waals surface area contributed by atoms with Crippen LogP contribution in [-0.4, -0.2) is 58.1 Å². The van der Waals surface area contributed by atoms with Crippen LogP contribution in [0.15, 0.2) is 53.1 Å². The Bertz CT molecular complexity index is 979. The number of nitrogens with zero attached hydrogens (tertiary/aromatic N) is 4. The van der Waals surface area contributed by atoms with Gasteiger partial charge in [-0.25, -0.2) is 4.68 Å². The van der Waals surface area contributed by atoms with E-state index in [1.165, 1.54) is 4.90 Å². The quantitative estimate of drug-likeness (QED) is 0.696. The molecule has 1 saturated heterocycles. The van der Waals surface area contributed by atoms with Crippen LogP contribution in [-0.2, 0) is 4.79 Å². The third-order valence-electron chi connectivity index (χ3n) is 4.52. The largest absolute Gasteiger partial charge is 0.463 e. The highest BCUT2D eigenvalue weighted by Crippen LogP contribution is 2.26. The summed E-state index contributed by atoms with van der Waals surface area (Å²) < 4.78 is 7.14. The predicted molar refractivity (Wildman–Crippen MR) is 99.8 cm³/mol. The molecule has 3 heterocycles. The first-order chi connectivity index (χ1) is 13.0. The minimum Gasteiger partial charge on any atom is -0.463 e. The normalized spacial score (nSPS) is 14.7. The summed E-state index contributed by atoms with van der Waals surface area (Å²) in [6, 6.07) is 12.4. The van der Waals surface area contributed by atoms with Crippen molar-refractivity contribution in [3.05, 3.63) is 59.4 Å². The summed E-state index contributed by atoms with van der Waals surface area (Å²) in [6.45, 7) is 1.04. The molecule has 3 aromatic rings. The van der Waals surface area contributed by atoms with Crippen molar-refractivity contribution in [3.63, 3.8) is 0 Å². The van der Waals surface area contributed by atoms with Crippen LogP contribution in [0.3, 0.4) is 0 Å². The Morgan fingerprint density at radius 2 is 1.96 bits per heavy atom. The molecule has 0 bridgehead atoms. The van der Waals surface area contributed by atoms with Gasteiger partial charge in [-0.05, 0) is 36.4 Å². The topological polar surface area (TPSA) is 71.6 Å². The molecule has 0 saturated carbocycles. The SMILES string of the molecule is CN1CCN(C(=O)c2cc(-c3ccco3)n(-c3ccc(Cl)cc3)n2)CC1=O. The van der Waals surface area contributed by atoms with Crippen LogP contribution in [0.5, 0.6) is 0 Å². The van der Waals surface area contributed by atoms with E-state index in [0.29, 0.717) is 29.6 Å². The van der Waals surface area contributed by atoms with Crippen molar-refractivity contribution in [2.24, 2.45) is 0 Å². The van der Waals surface area contributed by atoms with Gasteiger partial charge in [0, 0.05) is 31.2 Å². The monoisotopic (exact) mass is 384 g/mol. The molecule has 4 rings (SSSR count). The van der Waals surface area contributed by atoms with Gasteiger partial charge in [0.1, 0.15) is 12.2 Å². The van der Waals surface area contributed by atoms with Gasteiger partial charge in [0.25, 0.3) is 5.91 Å². The highest BCUT2D eigenvalue weighted by molar-refractivity contribution is 6.30. The highest BCUT2D eigenvalue weighted by atomic mass is 35.5.